The van der Waals surface area contributed by atoms with Gasteiger partial charge in [-0.3, -0.25) is 0 Å². The molecule has 0 aromatic carbocycles. The summed E-state index contributed by atoms with van der Waals surface area (Å²) in [6, 6.07) is 2.03. The number of hydrogen-bond donors (Lipinski definition) is 2. The maximum absolute atomic E-state index is 11.3. The summed E-state index contributed by atoms with van der Waals surface area (Å²) in [5.74, 6) is -0.663. The molecule has 0 fully saturated rings. The maximum Gasteiger partial charge on any atom is 0.339 e. The minimum absolute atomic E-state index is 0.196. The minimum atomic E-state index is -0.985. The topological polar surface area (TPSA) is 75.1 Å². The second-order valence-corrected chi connectivity index (χ2v) is 5.32. The van der Waals surface area contributed by atoms with Gasteiger partial charge in [-0.1, -0.05) is 0 Å². The van der Waals surface area contributed by atoms with Crippen molar-refractivity contribution in [2.45, 2.75) is 27.3 Å². The summed E-state index contributed by atoms with van der Waals surface area (Å²) in [4.78, 5) is 12.5. The second kappa shape index (κ2) is 5.36. The summed E-state index contributed by atoms with van der Waals surface area (Å²) in [5.41, 5.74) is 2.66. The highest BCUT2D eigenvalue weighted by molar-refractivity contribution is 7.10. The summed E-state index contributed by atoms with van der Waals surface area (Å²) in [6.45, 7) is 6.08. The van der Waals surface area contributed by atoms with Crippen LogP contribution in [0.4, 0.5) is 5.82 Å². The van der Waals surface area contributed by atoms with E-state index in [0.29, 0.717) is 23.6 Å². The first-order valence-electron chi connectivity index (χ1n) is 5.84. The molecule has 0 unspecified atom stereocenters. The van der Waals surface area contributed by atoms with Crippen LogP contribution in [0.2, 0.25) is 0 Å². The molecule has 2 heterocycles. The number of hydrogen-bond acceptors (Lipinski definition) is 5. The number of aromatic nitrogens is 2. The predicted octanol–water partition coefficient (Wildman–Crippen LogP) is 2.77. The van der Waals surface area contributed by atoms with Crippen LogP contribution < -0.4 is 5.32 Å². The third-order valence-electron chi connectivity index (χ3n) is 3.05. The zero-order valence-corrected chi connectivity index (χ0v) is 11.8. The van der Waals surface area contributed by atoms with Gasteiger partial charge in [0, 0.05) is 4.88 Å². The number of anilines is 1. The van der Waals surface area contributed by atoms with Crippen molar-refractivity contribution in [2.24, 2.45) is 0 Å². The number of thiophene rings is 1. The average molecular weight is 277 g/mol. The summed E-state index contributed by atoms with van der Waals surface area (Å²) in [5, 5.41) is 22.3. The molecule has 0 saturated heterocycles. The lowest BCUT2D eigenvalue weighted by molar-refractivity contribution is 0.0696. The van der Waals surface area contributed by atoms with Gasteiger partial charge in [-0.25, -0.2) is 4.79 Å². The van der Waals surface area contributed by atoms with Crippen molar-refractivity contribution in [3.63, 3.8) is 0 Å². The second-order valence-electron chi connectivity index (χ2n) is 4.32. The van der Waals surface area contributed by atoms with Crippen molar-refractivity contribution in [3.8, 4) is 0 Å². The van der Waals surface area contributed by atoms with Crippen LogP contribution in [0.3, 0.4) is 0 Å². The van der Waals surface area contributed by atoms with Gasteiger partial charge < -0.3 is 10.4 Å². The fraction of sp³-hybridized carbons (Fsp3) is 0.308. The number of carbonyl (C=O) groups is 1. The number of carboxylic acids is 1. The van der Waals surface area contributed by atoms with E-state index in [2.05, 4.69) is 15.5 Å². The summed E-state index contributed by atoms with van der Waals surface area (Å²) in [6.07, 6.45) is 0. The van der Waals surface area contributed by atoms with Gasteiger partial charge in [0.1, 0.15) is 5.56 Å². The van der Waals surface area contributed by atoms with Gasteiger partial charge in [0.25, 0.3) is 0 Å². The van der Waals surface area contributed by atoms with E-state index in [4.69, 9.17) is 0 Å². The van der Waals surface area contributed by atoms with Gasteiger partial charge in [-0.15, -0.1) is 16.4 Å². The van der Waals surface area contributed by atoms with Gasteiger partial charge >= 0.3 is 5.97 Å². The molecule has 19 heavy (non-hydrogen) atoms. The number of nitrogens with zero attached hydrogens (tertiary/aromatic N) is 2. The zero-order valence-electron chi connectivity index (χ0n) is 11.0. The van der Waals surface area contributed by atoms with Gasteiger partial charge in [-0.05, 0) is 43.3 Å². The zero-order chi connectivity index (χ0) is 14.0. The lowest BCUT2D eigenvalue weighted by Gasteiger charge is -2.11. The molecule has 2 N–H and O–H groups in total. The van der Waals surface area contributed by atoms with E-state index in [9.17, 15) is 9.90 Å². The fourth-order valence-electron chi connectivity index (χ4n) is 1.74. The van der Waals surface area contributed by atoms with Crippen molar-refractivity contribution in [1.82, 2.24) is 10.2 Å². The van der Waals surface area contributed by atoms with Crippen molar-refractivity contribution in [3.05, 3.63) is 38.7 Å². The fourth-order valence-corrected chi connectivity index (χ4v) is 2.59. The van der Waals surface area contributed by atoms with E-state index in [1.807, 2.05) is 18.4 Å². The Kier molecular flexibility index (Phi) is 3.80. The van der Waals surface area contributed by atoms with E-state index >= 15 is 0 Å². The van der Waals surface area contributed by atoms with Gasteiger partial charge in [0.05, 0.1) is 12.2 Å². The number of aromatic carboxylic acids is 1. The van der Waals surface area contributed by atoms with E-state index < -0.39 is 5.97 Å². The molecular formula is C13H15N3O2S. The highest BCUT2D eigenvalue weighted by Gasteiger charge is 2.17. The normalized spacial score (nSPS) is 10.5. The highest BCUT2D eigenvalue weighted by Crippen LogP contribution is 2.21. The molecule has 0 aliphatic heterocycles. The first kappa shape index (κ1) is 13.5. The SMILES string of the molecule is Cc1ccsc1CNc1nnc(C)c(C)c1C(=O)O. The van der Waals surface area contributed by atoms with Gasteiger partial charge in [-0.2, -0.15) is 5.10 Å². The van der Waals surface area contributed by atoms with E-state index in [1.54, 1.807) is 25.2 Å². The van der Waals surface area contributed by atoms with Crippen LogP contribution in [0.5, 0.6) is 0 Å². The third-order valence-corrected chi connectivity index (χ3v) is 4.08. The Bertz CT molecular complexity index is 622. The van der Waals surface area contributed by atoms with Crippen LogP contribution in [0.1, 0.15) is 32.1 Å². The number of carboxylic acid groups (broad SMARTS) is 1. The maximum atomic E-state index is 11.3. The molecule has 0 aliphatic carbocycles. The van der Waals surface area contributed by atoms with Crippen molar-refractivity contribution >= 4 is 23.1 Å². The monoisotopic (exact) mass is 277 g/mol. The van der Waals surface area contributed by atoms with Crippen LogP contribution in [0, 0.1) is 20.8 Å². The van der Waals surface area contributed by atoms with Crippen LogP contribution in [0.25, 0.3) is 0 Å². The largest absolute Gasteiger partial charge is 0.478 e. The predicted molar refractivity (Wildman–Crippen MR) is 74.8 cm³/mol. The van der Waals surface area contributed by atoms with Crippen molar-refractivity contribution in [1.29, 1.82) is 0 Å². The first-order chi connectivity index (χ1) is 9.00. The van der Waals surface area contributed by atoms with Crippen LogP contribution in [0.15, 0.2) is 11.4 Å². The summed E-state index contributed by atoms with van der Waals surface area (Å²) < 4.78 is 0. The Morgan fingerprint density at radius 3 is 2.68 bits per heavy atom. The molecule has 0 radical (unpaired) electrons. The lowest BCUT2D eigenvalue weighted by atomic mass is 10.1. The molecule has 0 amide bonds. The smallest absolute Gasteiger partial charge is 0.339 e. The molecule has 0 saturated carbocycles. The molecule has 2 aromatic rings. The highest BCUT2D eigenvalue weighted by atomic mass is 32.1. The van der Waals surface area contributed by atoms with E-state index in [-0.39, 0.29) is 5.56 Å². The van der Waals surface area contributed by atoms with Crippen LogP contribution in [-0.4, -0.2) is 21.3 Å². The molecule has 100 valence electrons. The summed E-state index contributed by atoms with van der Waals surface area (Å²) in [7, 11) is 0. The average Bonchev–Trinajstić information content (AvgIpc) is 2.76. The quantitative estimate of drug-likeness (QED) is 0.898. The number of aryl methyl sites for hydroxylation is 2. The lowest BCUT2D eigenvalue weighted by Crippen LogP contribution is -2.12. The van der Waals surface area contributed by atoms with Gasteiger partial charge in [0.15, 0.2) is 5.82 Å². The van der Waals surface area contributed by atoms with E-state index in [0.717, 1.165) is 4.88 Å². The van der Waals surface area contributed by atoms with Crippen LogP contribution in [-0.2, 0) is 6.54 Å². The molecule has 6 heteroatoms. The molecule has 0 bridgehead atoms. The Labute approximate surface area is 115 Å². The third kappa shape index (κ3) is 2.73. The van der Waals surface area contributed by atoms with Crippen LogP contribution >= 0.6 is 11.3 Å². The Balaban J connectivity index is 2.28. The molecular weight excluding hydrogens is 262 g/mol. The van der Waals surface area contributed by atoms with Gasteiger partial charge in [0.2, 0.25) is 0 Å². The molecule has 0 aliphatic rings. The molecule has 0 atom stereocenters. The Hall–Kier alpha value is -1.95. The van der Waals surface area contributed by atoms with Crippen molar-refractivity contribution in [2.75, 3.05) is 5.32 Å². The number of rotatable bonds is 4. The minimum Gasteiger partial charge on any atom is -0.478 e. The van der Waals surface area contributed by atoms with E-state index in [1.165, 1.54) is 5.56 Å². The van der Waals surface area contributed by atoms with Crippen molar-refractivity contribution < 1.29 is 9.90 Å². The summed E-state index contributed by atoms with van der Waals surface area (Å²) >= 11 is 1.63. The Morgan fingerprint density at radius 2 is 2.11 bits per heavy atom. The number of nitrogens with one attached hydrogen (secondary N) is 1. The Morgan fingerprint density at radius 1 is 1.37 bits per heavy atom. The first-order valence-corrected chi connectivity index (χ1v) is 6.72. The molecule has 0 spiro atoms. The molecule has 5 nitrogen and oxygen atoms in total. The molecule has 2 rings (SSSR count). The molecule has 2 aromatic heterocycles. The standard InChI is InChI=1S/C13H15N3O2S/c1-7-4-5-19-10(7)6-14-12-11(13(17)18)8(2)9(3)15-16-12/h4-5H,6H2,1-3H3,(H,14,16)(H,17,18).